The number of hydrogen-bond donors (Lipinski definition) is 3. The number of benzene rings is 3. The Morgan fingerprint density at radius 3 is 2.58 bits per heavy atom. The molecule has 26 heavy (non-hydrogen) atoms. The molecule has 130 valence electrons. The van der Waals surface area contributed by atoms with Crippen molar-refractivity contribution >= 4 is 39.1 Å². The summed E-state index contributed by atoms with van der Waals surface area (Å²) in [6, 6.07) is 19.5. The number of nitrogens with one attached hydrogen (secondary N) is 3. The van der Waals surface area contributed by atoms with E-state index in [1.165, 1.54) is 5.39 Å². The van der Waals surface area contributed by atoms with E-state index in [1.807, 2.05) is 30.1 Å². The highest BCUT2D eigenvalue weighted by Gasteiger charge is 2.09. The Balaban J connectivity index is 1.47. The number of aromatic amines is 2. The van der Waals surface area contributed by atoms with Gasteiger partial charge in [-0.1, -0.05) is 30.3 Å². The molecule has 0 fully saturated rings. The molecule has 0 radical (unpaired) electrons. The van der Waals surface area contributed by atoms with Crippen molar-refractivity contribution in [3.63, 3.8) is 0 Å². The van der Waals surface area contributed by atoms with Gasteiger partial charge in [-0.3, -0.25) is 4.79 Å². The number of anilines is 2. The number of hydrogen-bond acceptors (Lipinski definition) is 3. The molecule has 1 heterocycles. The summed E-state index contributed by atoms with van der Waals surface area (Å²) in [4.78, 5) is 30.9. The molecule has 3 N–H and O–H groups in total. The maximum atomic E-state index is 12.4. The van der Waals surface area contributed by atoms with Gasteiger partial charge in [-0.2, -0.15) is 0 Å². The second-order valence-electron chi connectivity index (χ2n) is 6.28. The predicted molar refractivity (Wildman–Crippen MR) is 105 cm³/mol. The third kappa shape index (κ3) is 3.17. The van der Waals surface area contributed by atoms with Crippen molar-refractivity contribution in [1.82, 2.24) is 9.97 Å². The van der Waals surface area contributed by atoms with Gasteiger partial charge in [0, 0.05) is 18.4 Å². The van der Waals surface area contributed by atoms with Crippen LogP contribution in [-0.4, -0.2) is 29.5 Å². The lowest BCUT2D eigenvalue weighted by Gasteiger charge is -2.19. The van der Waals surface area contributed by atoms with Crippen molar-refractivity contribution in [2.24, 2.45) is 0 Å². The molecule has 4 aromatic rings. The number of H-pyrrole nitrogens is 2. The van der Waals surface area contributed by atoms with Crippen LogP contribution in [0.4, 0.5) is 11.4 Å². The van der Waals surface area contributed by atoms with Crippen molar-refractivity contribution in [3.05, 3.63) is 71.1 Å². The number of carbonyl (C=O) groups is 1. The predicted octanol–water partition coefficient (Wildman–Crippen LogP) is 3.08. The van der Waals surface area contributed by atoms with Gasteiger partial charge in [0.2, 0.25) is 5.91 Å². The van der Waals surface area contributed by atoms with E-state index < -0.39 is 0 Å². The van der Waals surface area contributed by atoms with Crippen LogP contribution in [0, 0.1) is 0 Å². The fourth-order valence-electron chi connectivity index (χ4n) is 3.03. The topological polar surface area (TPSA) is 81.0 Å². The average molecular weight is 346 g/mol. The van der Waals surface area contributed by atoms with E-state index >= 15 is 0 Å². The van der Waals surface area contributed by atoms with Crippen LogP contribution < -0.4 is 15.9 Å². The van der Waals surface area contributed by atoms with Crippen LogP contribution in [0.15, 0.2) is 65.5 Å². The molecule has 0 aliphatic heterocycles. The normalized spacial score (nSPS) is 11.0. The van der Waals surface area contributed by atoms with Crippen LogP contribution in [0.1, 0.15) is 0 Å². The van der Waals surface area contributed by atoms with Crippen LogP contribution in [0.3, 0.4) is 0 Å². The Morgan fingerprint density at radius 1 is 0.962 bits per heavy atom. The van der Waals surface area contributed by atoms with E-state index in [0.29, 0.717) is 16.7 Å². The van der Waals surface area contributed by atoms with Crippen molar-refractivity contribution in [1.29, 1.82) is 0 Å². The Kier molecular flexibility index (Phi) is 3.93. The number of imidazole rings is 1. The zero-order valence-corrected chi connectivity index (χ0v) is 14.2. The van der Waals surface area contributed by atoms with Crippen LogP contribution in [0.2, 0.25) is 0 Å². The second-order valence-corrected chi connectivity index (χ2v) is 6.28. The van der Waals surface area contributed by atoms with Gasteiger partial charge < -0.3 is 20.2 Å². The first-order valence-electron chi connectivity index (χ1n) is 8.30. The monoisotopic (exact) mass is 346 g/mol. The smallest absolute Gasteiger partial charge is 0.323 e. The molecule has 4 rings (SSSR count). The van der Waals surface area contributed by atoms with Crippen LogP contribution in [0.5, 0.6) is 0 Å². The third-order valence-electron chi connectivity index (χ3n) is 4.35. The number of likely N-dealkylation sites (N-methyl/N-ethyl adjacent to an activating group) is 1. The lowest BCUT2D eigenvalue weighted by molar-refractivity contribution is -0.114. The molecule has 0 atom stereocenters. The Labute approximate surface area is 149 Å². The highest BCUT2D eigenvalue weighted by atomic mass is 16.2. The first-order valence-corrected chi connectivity index (χ1v) is 8.30. The van der Waals surface area contributed by atoms with Gasteiger partial charge in [-0.15, -0.1) is 0 Å². The molecule has 0 aliphatic carbocycles. The largest absolute Gasteiger partial charge is 0.365 e. The summed E-state index contributed by atoms with van der Waals surface area (Å²) >= 11 is 0. The molecule has 1 amide bonds. The second kappa shape index (κ2) is 6.40. The molecule has 0 spiro atoms. The van der Waals surface area contributed by atoms with Gasteiger partial charge >= 0.3 is 5.69 Å². The number of nitrogens with zero attached hydrogens (tertiary/aromatic N) is 1. The molecular weight excluding hydrogens is 328 g/mol. The Bertz CT molecular complexity index is 1160. The van der Waals surface area contributed by atoms with E-state index in [4.69, 9.17) is 0 Å². The number of carbonyl (C=O) groups excluding carboxylic acids is 1. The SMILES string of the molecule is CN(CC(=O)Nc1ccc2[nH]c(=O)[nH]c2c1)c1ccc2ccccc2c1. The summed E-state index contributed by atoms with van der Waals surface area (Å²) in [5.74, 6) is -0.127. The minimum Gasteiger partial charge on any atom is -0.365 e. The van der Waals surface area contributed by atoms with Gasteiger partial charge in [0.05, 0.1) is 17.6 Å². The van der Waals surface area contributed by atoms with Gasteiger partial charge in [-0.05, 0) is 41.1 Å². The highest BCUT2D eigenvalue weighted by Crippen LogP contribution is 2.21. The molecule has 3 aromatic carbocycles. The zero-order valence-electron chi connectivity index (χ0n) is 14.2. The van der Waals surface area contributed by atoms with E-state index in [2.05, 4.69) is 39.6 Å². The lowest BCUT2D eigenvalue weighted by Crippen LogP contribution is -2.30. The molecule has 6 heteroatoms. The molecule has 1 aromatic heterocycles. The molecule has 0 aliphatic rings. The van der Waals surface area contributed by atoms with Crippen molar-refractivity contribution in [3.8, 4) is 0 Å². The number of aromatic nitrogens is 2. The third-order valence-corrected chi connectivity index (χ3v) is 4.35. The number of rotatable bonds is 4. The number of amides is 1. The van der Waals surface area contributed by atoms with Crippen molar-refractivity contribution in [2.45, 2.75) is 0 Å². The first kappa shape index (κ1) is 16.0. The molecule has 0 saturated heterocycles. The lowest BCUT2D eigenvalue weighted by atomic mass is 10.1. The standard InChI is InChI=1S/C20H18N4O2/c1-24(16-8-6-13-4-2-3-5-14(13)10-16)12-19(25)21-15-7-9-17-18(11-15)23-20(26)22-17/h2-11H,12H2,1H3,(H,21,25)(H2,22,23,26). The quantitative estimate of drug-likeness (QED) is 0.531. The first-order chi connectivity index (χ1) is 12.6. The fourth-order valence-corrected chi connectivity index (χ4v) is 3.03. The van der Waals surface area contributed by atoms with Crippen LogP contribution in [-0.2, 0) is 4.79 Å². The Hall–Kier alpha value is -3.54. The zero-order chi connectivity index (χ0) is 18.1. The Morgan fingerprint density at radius 2 is 1.73 bits per heavy atom. The average Bonchev–Trinajstić information content (AvgIpc) is 3.00. The van der Waals surface area contributed by atoms with Crippen molar-refractivity contribution < 1.29 is 4.79 Å². The van der Waals surface area contributed by atoms with Gasteiger partial charge in [0.25, 0.3) is 0 Å². The molecular formula is C20H18N4O2. The van der Waals surface area contributed by atoms with E-state index in [1.54, 1.807) is 18.2 Å². The highest BCUT2D eigenvalue weighted by molar-refractivity contribution is 5.96. The molecule has 6 nitrogen and oxygen atoms in total. The van der Waals surface area contributed by atoms with Crippen LogP contribution in [0.25, 0.3) is 21.8 Å². The maximum absolute atomic E-state index is 12.4. The molecule has 0 saturated carbocycles. The number of fused-ring (bicyclic) bond motifs is 2. The maximum Gasteiger partial charge on any atom is 0.323 e. The van der Waals surface area contributed by atoms with E-state index in [-0.39, 0.29) is 18.1 Å². The van der Waals surface area contributed by atoms with Gasteiger partial charge in [0.1, 0.15) is 0 Å². The summed E-state index contributed by atoms with van der Waals surface area (Å²) < 4.78 is 0. The van der Waals surface area contributed by atoms with Crippen molar-refractivity contribution in [2.75, 3.05) is 23.8 Å². The summed E-state index contributed by atoms with van der Waals surface area (Å²) in [6.45, 7) is 0.222. The van der Waals surface area contributed by atoms with Gasteiger partial charge in [-0.25, -0.2) is 4.79 Å². The summed E-state index contributed by atoms with van der Waals surface area (Å²) in [5.41, 5.74) is 2.73. The molecule has 0 unspecified atom stereocenters. The van der Waals surface area contributed by atoms with Gasteiger partial charge in [0.15, 0.2) is 0 Å². The minimum atomic E-state index is -0.264. The fraction of sp³-hybridized carbons (Fsp3) is 0.100. The molecule has 0 bridgehead atoms. The van der Waals surface area contributed by atoms with Crippen LogP contribution >= 0.6 is 0 Å². The summed E-state index contributed by atoms with van der Waals surface area (Å²) in [5, 5.41) is 5.17. The summed E-state index contributed by atoms with van der Waals surface area (Å²) in [6.07, 6.45) is 0. The minimum absolute atomic E-state index is 0.127. The van der Waals surface area contributed by atoms with E-state index in [9.17, 15) is 9.59 Å². The van der Waals surface area contributed by atoms with E-state index in [0.717, 1.165) is 11.1 Å². The summed E-state index contributed by atoms with van der Waals surface area (Å²) in [7, 11) is 1.89.